The highest BCUT2D eigenvalue weighted by Crippen LogP contribution is 2.19. The van der Waals surface area contributed by atoms with Gasteiger partial charge in [0.2, 0.25) is 5.91 Å². The van der Waals surface area contributed by atoms with Gasteiger partial charge in [-0.15, -0.1) is 0 Å². The Balaban J connectivity index is 1.39. The van der Waals surface area contributed by atoms with Crippen LogP contribution < -0.4 is 0 Å². The molecule has 27 heavy (non-hydrogen) atoms. The highest BCUT2D eigenvalue weighted by atomic mass is 16.5. The Bertz CT molecular complexity index is 776. The minimum atomic E-state index is 0.204. The first kappa shape index (κ1) is 18.3. The van der Waals surface area contributed by atoms with Crippen molar-refractivity contribution >= 4 is 16.8 Å². The van der Waals surface area contributed by atoms with Crippen LogP contribution in [0.1, 0.15) is 5.56 Å². The molecule has 0 saturated carbocycles. The van der Waals surface area contributed by atoms with Gasteiger partial charge < -0.3 is 14.4 Å². The predicted molar refractivity (Wildman–Crippen MR) is 104 cm³/mol. The molecule has 2 saturated heterocycles. The number of hydrogen-bond acceptors (Lipinski definition) is 5. The summed E-state index contributed by atoms with van der Waals surface area (Å²) in [5.41, 5.74) is 2.28. The second kappa shape index (κ2) is 8.78. The van der Waals surface area contributed by atoms with Crippen LogP contribution in [0, 0.1) is 5.92 Å². The summed E-state index contributed by atoms with van der Waals surface area (Å²) in [7, 11) is 0. The van der Waals surface area contributed by atoms with Gasteiger partial charge in [-0.25, -0.2) is 0 Å². The first-order chi connectivity index (χ1) is 13.3. The number of ether oxygens (including phenoxy) is 2. The fraction of sp³-hybridized carbons (Fsp3) is 0.524. The molecule has 1 atom stereocenters. The molecule has 0 aliphatic carbocycles. The van der Waals surface area contributed by atoms with E-state index in [4.69, 9.17) is 9.47 Å². The van der Waals surface area contributed by atoms with Gasteiger partial charge in [0.1, 0.15) is 0 Å². The smallest absolute Gasteiger partial charge is 0.236 e. The average molecular weight is 369 g/mol. The Hall–Kier alpha value is -2.02. The minimum Gasteiger partial charge on any atom is -0.379 e. The summed E-state index contributed by atoms with van der Waals surface area (Å²) in [5.74, 6) is 0.519. The van der Waals surface area contributed by atoms with Crippen LogP contribution >= 0.6 is 0 Å². The normalized spacial score (nSPS) is 21.9. The van der Waals surface area contributed by atoms with Crippen LogP contribution in [-0.2, 0) is 20.7 Å². The highest BCUT2D eigenvalue weighted by molar-refractivity contribution is 5.79. The van der Waals surface area contributed by atoms with E-state index in [9.17, 15) is 4.79 Å². The zero-order valence-electron chi connectivity index (χ0n) is 15.7. The van der Waals surface area contributed by atoms with E-state index in [-0.39, 0.29) is 5.91 Å². The van der Waals surface area contributed by atoms with Crippen molar-refractivity contribution < 1.29 is 14.3 Å². The first-order valence-corrected chi connectivity index (χ1v) is 9.77. The van der Waals surface area contributed by atoms with Gasteiger partial charge in [-0.2, -0.15) is 0 Å². The van der Waals surface area contributed by atoms with Crippen molar-refractivity contribution in [3.05, 3.63) is 42.1 Å². The molecular weight excluding hydrogens is 342 g/mol. The third-order valence-electron chi connectivity index (χ3n) is 5.34. The molecule has 2 aliphatic rings. The van der Waals surface area contributed by atoms with E-state index in [0.29, 0.717) is 32.2 Å². The molecule has 4 rings (SSSR count). The second-order valence-corrected chi connectivity index (χ2v) is 7.40. The molecule has 6 heteroatoms. The Labute approximate surface area is 160 Å². The highest BCUT2D eigenvalue weighted by Gasteiger charge is 2.24. The van der Waals surface area contributed by atoms with Gasteiger partial charge in [-0.1, -0.05) is 12.1 Å². The van der Waals surface area contributed by atoms with Crippen molar-refractivity contribution in [2.24, 2.45) is 5.92 Å². The van der Waals surface area contributed by atoms with Gasteiger partial charge in [0.05, 0.1) is 38.5 Å². The monoisotopic (exact) mass is 369 g/mol. The van der Waals surface area contributed by atoms with Gasteiger partial charge in [0, 0.05) is 43.7 Å². The minimum absolute atomic E-state index is 0.204. The van der Waals surface area contributed by atoms with Crippen LogP contribution in [0.15, 0.2) is 36.5 Å². The third-order valence-corrected chi connectivity index (χ3v) is 5.34. The molecule has 1 aromatic heterocycles. The van der Waals surface area contributed by atoms with Gasteiger partial charge >= 0.3 is 0 Å². The van der Waals surface area contributed by atoms with Crippen molar-refractivity contribution in [2.75, 3.05) is 59.2 Å². The van der Waals surface area contributed by atoms with E-state index in [0.717, 1.165) is 50.2 Å². The number of carbonyl (C=O) groups excluding carboxylic acids is 1. The van der Waals surface area contributed by atoms with E-state index in [1.54, 1.807) is 0 Å². The van der Waals surface area contributed by atoms with Crippen molar-refractivity contribution in [3.63, 3.8) is 0 Å². The number of nitrogens with zero attached hydrogens (tertiary/aromatic N) is 3. The number of rotatable bonds is 4. The predicted octanol–water partition coefficient (Wildman–Crippen LogP) is 1.58. The van der Waals surface area contributed by atoms with E-state index >= 15 is 0 Å². The lowest BCUT2D eigenvalue weighted by molar-refractivity contribution is -0.133. The largest absolute Gasteiger partial charge is 0.379 e. The molecular formula is C21H27N3O3. The Morgan fingerprint density at radius 1 is 1.11 bits per heavy atom. The summed E-state index contributed by atoms with van der Waals surface area (Å²) in [4.78, 5) is 21.3. The number of morpholine rings is 1. The lowest BCUT2D eigenvalue weighted by atomic mass is 9.98. The third kappa shape index (κ3) is 4.83. The van der Waals surface area contributed by atoms with Crippen molar-refractivity contribution in [3.8, 4) is 0 Å². The Morgan fingerprint density at radius 3 is 2.85 bits per heavy atom. The number of amides is 1. The number of benzene rings is 1. The maximum atomic E-state index is 12.8. The lowest BCUT2D eigenvalue weighted by Crippen LogP contribution is -2.46. The fourth-order valence-corrected chi connectivity index (χ4v) is 3.87. The summed E-state index contributed by atoms with van der Waals surface area (Å²) < 4.78 is 11.2. The Morgan fingerprint density at radius 2 is 1.96 bits per heavy atom. The topological polar surface area (TPSA) is 54.9 Å². The maximum absolute atomic E-state index is 12.8. The molecule has 144 valence electrons. The van der Waals surface area contributed by atoms with E-state index in [2.05, 4.69) is 34.1 Å². The standard InChI is InChI=1S/C21H27N3O3/c25-21(15-23-6-9-26-10-7-23)24-8-11-27-16-18(14-24)12-17-3-4-20-19(13-17)2-1-5-22-20/h1-5,13,18H,6-12,14-16H2. The number of pyridine rings is 1. The van der Waals surface area contributed by atoms with Crippen LogP contribution in [0.3, 0.4) is 0 Å². The molecule has 0 N–H and O–H groups in total. The van der Waals surface area contributed by atoms with Crippen molar-refractivity contribution in [2.45, 2.75) is 6.42 Å². The molecule has 3 heterocycles. The van der Waals surface area contributed by atoms with Gasteiger partial charge in [0.25, 0.3) is 0 Å². The van der Waals surface area contributed by atoms with Crippen LogP contribution in [0.2, 0.25) is 0 Å². The quantitative estimate of drug-likeness (QED) is 0.819. The zero-order valence-corrected chi connectivity index (χ0v) is 15.7. The number of hydrogen-bond donors (Lipinski definition) is 0. The van der Waals surface area contributed by atoms with Crippen molar-refractivity contribution in [1.29, 1.82) is 0 Å². The molecule has 0 spiro atoms. The van der Waals surface area contributed by atoms with Gasteiger partial charge in [-0.05, 0) is 30.2 Å². The van der Waals surface area contributed by atoms with Crippen LogP contribution in [0.25, 0.3) is 10.9 Å². The molecule has 2 aliphatic heterocycles. The molecule has 0 radical (unpaired) electrons. The van der Waals surface area contributed by atoms with Crippen LogP contribution in [0.4, 0.5) is 0 Å². The van der Waals surface area contributed by atoms with E-state index < -0.39 is 0 Å². The molecule has 0 bridgehead atoms. The summed E-state index contributed by atoms with van der Waals surface area (Å²) in [5, 5.41) is 1.16. The first-order valence-electron chi connectivity index (χ1n) is 9.77. The fourth-order valence-electron chi connectivity index (χ4n) is 3.87. The average Bonchev–Trinajstić information content (AvgIpc) is 2.94. The number of aromatic nitrogens is 1. The number of carbonyl (C=O) groups is 1. The van der Waals surface area contributed by atoms with E-state index in [1.807, 2.05) is 17.2 Å². The summed E-state index contributed by atoms with van der Waals surface area (Å²) in [6, 6.07) is 10.5. The van der Waals surface area contributed by atoms with Gasteiger partial charge in [-0.3, -0.25) is 14.7 Å². The molecule has 2 aromatic rings. The molecule has 1 amide bonds. The molecule has 1 unspecified atom stereocenters. The van der Waals surface area contributed by atoms with E-state index in [1.165, 1.54) is 5.56 Å². The second-order valence-electron chi connectivity index (χ2n) is 7.40. The summed E-state index contributed by atoms with van der Waals surface area (Å²) >= 11 is 0. The van der Waals surface area contributed by atoms with Crippen molar-refractivity contribution in [1.82, 2.24) is 14.8 Å². The lowest BCUT2D eigenvalue weighted by Gasteiger charge is -2.30. The zero-order chi connectivity index (χ0) is 18.5. The van der Waals surface area contributed by atoms with Crippen LogP contribution in [0.5, 0.6) is 0 Å². The number of fused-ring (bicyclic) bond motifs is 1. The molecule has 2 fully saturated rings. The maximum Gasteiger partial charge on any atom is 0.236 e. The van der Waals surface area contributed by atoms with Gasteiger partial charge in [0.15, 0.2) is 0 Å². The SMILES string of the molecule is O=C(CN1CCOCC1)N1CCOCC(Cc2ccc3ncccc3c2)C1. The summed E-state index contributed by atoms with van der Waals surface area (Å²) in [6.07, 6.45) is 2.73. The van der Waals surface area contributed by atoms with Crippen LogP contribution in [-0.4, -0.2) is 79.8 Å². The summed E-state index contributed by atoms with van der Waals surface area (Å²) in [6.45, 7) is 6.35. The molecule has 6 nitrogen and oxygen atoms in total. The Kier molecular flexibility index (Phi) is 5.97. The molecule has 1 aromatic carbocycles.